The van der Waals surface area contributed by atoms with Crippen LogP contribution in [0.25, 0.3) is 0 Å². The first kappa shape index (κ1) is 29.5. The molecule has 8 nitrogen and oxygen atoms in total. The zero-order chi connectivity index (χ0) is 31.9. The molecule has 0 radical (unpaired) electrons. The second-order valence-corrected chi connectivity index (χ2v) is 13.0. The first-order chi connectivity index (χ1) is 21.5. The number of para-hydroxylation sites is 1. The van der Waals surface area contributed by atoms with E-state index in [4.69, 9.17) is 27.9 Å². The van der Waals surface area contributed by atoms with Gasteiger partial charge in [-0.3, -0.25) is 24.1 Å². The number of anilines is 2. The van der Waals surface area contributed by atoms with Crippen LogP contribution in [0.1, 0.15) is 31.2 Å². The molecule has 3 aromatic carbocycles. The molecule has 3 aromatic rings. The van der Waals surface area contributed by atoms with Gasteiger partial charge in [-0.1, -0.05) is 53.1 Å². The van der Waals surface area contributed by atoms with Crippen LogP contribution < -0.4 is 14.5 Å². The second kappa shape index (κ2) is 10.4. The maximum atomic E-state index is 14.5. The van der Waals surface area contributed by atoms with E-state index in [1.165, 1.54) is 30.2 Å². The van der Waals surface area contributed by atoms with E-state index in [-0.39, 0.29) is 51.9 Å². The van der Waals surface area contributed by atoms with Gasteiger partial charge in [0.05, 0.1) is 51.7 Å². The summed E-state index contributed by atoms with van der Waals surface area (Å²) in [4.78, 5) is 58.8. The fourth-order valence-corrected chi connectivity index (χ4v) is 8.41. The van der Waals surface area contributed by atoms with Gasteiger partial charge in [-0.25, -0.2) is 9.29 Å². The van der Waals surface area contributed by atoms with Gasteiger partial charge in [-0.15, -0.1) is 0 Å². The van der Waals surface area contributed by atoms with E-state index in [2.05, 4.69) is 0 Å². The number of ether oxygens (including phenoxy) is 1. The number of imide groups is 2. The summed E-state index contributed by atoms with van der Waals surface area (Å²) in [7, 11) is 1.37. The largest absolute Gasteiger partial charge is 0.503 e. The van der Waals surface area contributed by atoms with Crippen LogP contribution in [-0.2, 0) is 19.2 Å². The SMILES string of the molecule is COc1cc([C@H]2C3=CC[C@@H]4C(=O)N(c5ccccc5)C(=O)[C@@H]4[C@@H]3C[C@H]3C(=O)N(c4ccc(F)c(Cl)c4)C(=O)[C@@]23C)cc(Cl)c1O. The molecule has 2 aliphatic carbocycles. The van der Waals surface area contributed by atoms with Crippen molar-refractivity contribution in [3.63, 3.8) is 0 Å². The Balaban J connectivity index is 1.40. The average molecular weight is 650 g/mol. The summed E-state index contributed by atoms with van der Waals surface area (Å²) in [6.07, 6.45) is 2.32. The molecule has 4 amide bonds. The van der Waals surface area contributed by atoms with Crippen molar-refractivity contribution in [2.45, 2.75) is 25.7 Å². The third-order valence-electron chi connectivity index (χ3n) is 10.1. The number of carbonyl (C=O) groups is 4. The smallest absolute Gasteiger partial charge is 0.241 e. The zero-order valence-electron chi connectivity index (χ0n) is 24.2. The highest BCUT2D eigenvalue weighted by molar-refractivity contribution is 6.32. The lowest BCUT2D eigenvalue weighted by molar-refractivity contribution is -0.131. The van der Waals surface area contributed by atoms with Gasteiger partial charge >= 0.3 is 0 Å². The molecule has 1 N–H and O–H groups in total. The minimum Gasteiger partial charge on any atom is -0.503 e. The molecule has 0 unspecified atom stereocenters. The van der Waals surface area contributed by atoms with Gasteiger partial charge in [0.25, 0.3) is 0 Å². The fourth-order valence-electron chi connectivity index (χ4n) is 8.01. The standard InChI is InChI=1S/C34H27Cl2FN2O6/c1-34-22(31(42)39(33(34)44)18-8-11-25(37)23(35)14-18)15-21-19(28(34)16-12-24(36)29(40)26(13-16)45-2)9-10-20-27(21)32(43)38(30(20)41)17-6-4-3-5-7-17/h3-9,11-14,20-22,27-28,40H,10,15H2,1-2H3/t20-,21+,22-,27-,28-,34+/m0/s1. The average Bonchev–Trinajstić information content (AvgIpc) is 3.39. The van der Waals surface area contributed by atoms with Gasteiger partial charge in [-0.05, 0) is 73.7 Å². The number of nitrogens with zero attached hydrogens (tertiary/aromatic N) is 2. The Bertz CT molecular complexity index is 1850. The van der Waals surface area contributed by atoms with E-state index in [1.54, 1.807) is 43.3 Å². The van der Waals surface area contributed by atoms with Crippen LogP contribution in [0.4, 0.5) is 15.8 Å². The molecular weight excluding hydrogens is 622 g/mol. The number of aromatic hydroxyl groups is 1. The van der Waals surface area contributed by atoms with Crippen LogP contribution in [0.15, 0.2) is 72.3 Å². The first-order valence-electron chi connectivity index (χ1n) is 14.5. The van der Waals surface area contributed by atoms with E-state index in [0.29, 0.717) is 11.3 Å². The molecular formula is C34H27Cl2FN2O6. The number of carbonyl (C=O) groups excluding carboxylic acids is 4. The summed E-state index contributed by atoms with van der Waals surface area (Å²) in [5, 5.41) is 10.3. The quantitative estimate of drug-likeness (QED) is 0.264. The van der Waals surface area contributed by atoms with Gasteiger partial charge in [0.2, 0.25) is 23.6 Å². The highest BCUT2D eigenvalue weighted by Crippen LogP contribution is 2.64. The van der Waals surface area contributed by atoms with Crippen molar-refractivity contribution in [1.29, 1.82) is 0 Å². The molecule has 0 aromatic heterocycles. The zero-order valence-corrected chi connectivity index (χ0v) is 25.7. The van der Waals surface area contributed by atoms with Crippen LogP contribution >= 0.6 is 23.2 Å². The highest BCUT2D eigenvalue weighted by Gasteiger charge is 2.67. The number of amides is 4. The topological polar surface area (TPSA) is 104 Å². The molecule has 7 rings (SSSR count). The van der Waals surface area contributed by atoms with E-state index >= 15 is 0 Å². The Morgan fingerprint density at radius 3 is 2.31 bits per heavy atom. The van der Waals surface area contributed by atoms with Gasteiger partial charge in [0, 0.05) is 5.92 Å². The number of phenols is 1. The highest BCUT2D eigenvalue weighted by atomic mass is 35.5. The van der Waals surface area contributed by atoms with Gasteiger partial charge in [-0.2, -0.15) is 0 Å². The Morgan fingerprint density at radius 2 is 1.62 bits per heavy atom. The number of rotatable bonds is 4. The van der Waals surface area contributed by atoms with Crippen LogP contribution in [0, 0.1) is 34.9 Å². The van der Waals surface area contributed by atoms with Crippen LogP contribution in [-0.4, -0.2) is 35.8 Å². The van der Waals surface area contributed by atoms with Crippen molar-refractivity contribution in [2.75, 3.05) is 16.9 Å². The van der Waals surface area contributed by atoms with E-state index in [9.17, 15) is 28.7 Å². The fraction of sp³-hybridized carbons (Fsp3) is 0.294. The van der Waals surface area contributed by atoms with Crippen molar-refractivity contribution in [1.82, 2.24) is 0 Å². The lowest BCUT2D eigenvalue weighted by atomic mass is 9.51. The van der Waals surface area contributed by atoms with Crippen LogP contribution in [0.2, 0.25) is 10.0 Å². The van der Waals surface area contributed by atoms with Crippen molar-refractivity contribution in [3.05, 3.63) is 93.7 Å². The molecule has 6 atom stereocenters. The van der Waals surface area contributed by atoms with Gasteiger partial charge in [0.15, 0.2) is 11.5 Å². The molecule has 2 heterocycles. The first-order valence-corrected chi connectivity index (χ1v) is 15.3. The third-order valence-corrected chi connectivity index (χ3v) is 10.6. The molecule has 45 heavy (non-hydrogen) atoms. The molecule has 2 aliphatic heterocycles. The molecule has 4 aliphatic rings. The van der Waals surface area contributed by atoms with Crippen LogP contribution in [0.5, 0.6) is 11.5 Å². The summed E-state index contributed by atoms with van der Waals surface area (Å²) < 4.78 is 19.5. The molecule has 230 valence electrons. The number of fused-ring (bicyclic) bond motifs is 4. The summed E-state index contributed by atoms with van der Waals surface area (Å²) in [6, 6.07) is 15.5. The van der Waals surface area contributed by atoms with Crippen molar-refractivity contribution in [2.24, 2.45) is 29.1 Å². The maximum absolute atomic E-state index is 14.5. The lowest BCUT2D eigenvalue weighted by Crippen LogP contribution is -2.48. The summed E-state index contributed by atoms with van der Waals surface area (Å²) in [5.74, 6) is -6.20. The summed E-state index contributed by atoms with van der Waals surface area (Å²) in [6.45, 7) is 1.71. The van der Waals surface area contributed by atoms with Gasteiger partial charge < -0.3 is 9.84 Å². The summed E-state index contributed by atoms with van der Waals surface area (Å²) >= 11 is 12.5. The molecule has 0 spiro atoms. The minimum atomic E-state index is -1.37. The number of benzene rings is 3. The minimum absolute atomic E-state index is 0.0118. The Kier molecular flexibility index (Phi) is 6.83. The lowest BCUT2D eigenvalue weighted by Gasteiger charge is -2.49. The Labute approximate surface area is 268 Å². The van der Waals surface area contributed by atoms with E-state index in [0.717, 1.165) is 16.5 Å². The number of hydrogen-bond acceptors (Lipinski definition) is 6. The predicted molar refractivity (Wildman–Crippen MR) is 165 cm³/mol. The molecule has 1 saturated carbocycles. The number of hydrogen-bond donors (Lipinski definition) is 1. The molecule has 11 heteroatoms. The van der Waals surface area contributed by atoms with Crippen LogP contribution in [0.3, 0.4) is 0 Å². The Hall–Kier alpha value is -4.21. The van der Waals surface area contributed by atoms with E-state index < -0.39 is 52.6 Å². The normalized spacial score (nSPS) is 29.0. The number of allylic oxidation sites excluding steroid dienone is 2. The van der Waals surface area contributed by atoms with Crippen molar-refractivity contribution < 1.29 is 33.4 Å². The van der Waals surface area contributed by atoms with E-state index in [1.807, 2.05) is 6.08 Å². The molecule has 2 saturated heterocycles. The molecule has 3 fully saturated rings. The molecule has 0 bridgehead atoms. The predicted octanol–water partition coefficient (Wildman–Crippen LogP) is 6.28. The monoisotopic (exact) mass is 648 g/mol. The van der Waals surface area contributed by atoms with Gasteiger partial charge in [0.1, 0.15) is 5.82 Å². The maximum Gasteiger partial charge on any atom is 0.241 e. The number of halogens is 3. The van der Waals surface area contributed by atoms with Crippen molar-refractivity contribution in [3.8, 4) is 11.5 Å². The summed E-state index contributed by atoms with van der Waals surface area (Å²) in [5.41, 5.74) is 0.485. The Morgan fingerprint density at radius 1 is 0.889 bits per heavy atom. The number of methoxy groups -OCH3 is 1. The second-order valence-electron chi connectivity index (χ2n) is 12.2. The number of phenolic OH excluding ortho intramolecular Hbond substituents is 1. The third kappa shape index (κ3) is 4.10. The van der Waals surface area contributed by atoms with Crippen molar-refractivity contribution >= 4 is 58.2 Å².